The topological polar surface area (TPSA) is 55.0 Å². The van der Waals surface area contributed by atoms with Gasteiger partial charge in [0.25, 0.3) is 0 Å². The number of nitrogens with two attached hydrogens (primary N) is 1. The van der Waals surface area contributed by atoms with Gasteiger partial charge in [-0.25, -0.2) is 9.97 Å². The summed E-state index contributed by atoms with van der Waals surface area (Å²) in [5, 5.41) is 0. The fraction of sp³-hybridized carbons (Fsp3) is 0.600. The van der Waals surface area contributed by atoms with Gasteiger partial charge in [-0.2, -0.15) is 13.2 Å². The van der Waals surface area contributed by atoms with Gasteiger partial charge in [-0.1, -0.05) is 6.92 Å². The van der Waals surface area contributed by atoms with Crippen LogP contribution >= 0.6 is 0 Å². The van der Waals surface area contributed by atoms with Gasteiger partial charge in [0, 0.05) is 19.8 Å². The first-order valence-electron chi connectivity index (χ1n) is 5.16. The summed E-state index contributed by atoms with van der Waals surface area (Å²) in [6.45, 7) is 2.88. The Hall–Kier alpha value is -1.37. The van der Waals surface area contributed by atoms with Gasteiger partial charge in [0.2, 0.25) is 5.95 Å². The van der Waals surface area contributed by atoms with Gasteiger partial charge in [0.05, 0.1) is 0 Å². The first-order valence-corrected chi connectivity index (χ1v) is 5.16. The number of aromatic nitrogens is 2. The lowest BCUT2D eigenvalue weighted by atomic mass is 10.2. The fourth-order valence-corrected chi connectivity index (χ4v) is 1.31. The molecule has 0 aliphatic heterocycles. The summed E-state index contributed by atoms with van der Waals surface area (Å²) in [5.41, 5.74) is 4.51. The second-order valence-electron chi connectivity index (χ2n) is 3.96. The molecule has 17 heavy (non-hydrogen) atoms. The Morgan fingerprint density at radius 2 is 2.12 bits per heavy atom. The van der Waals surface area contributed by atoms with Gasteiger partial charge in [-0.05, 0) is 18.5 Å². The van der Waals surface area contributed by atoms with Crippen molar-refractivity contribution in [3.8, 4) is 0 Å². The Morgan fingerprint density at radius 1 is 1.47 bits per heavy atom. The van der Waals surface area contributed by atoms with Crippen molar-refractivity contribution >= 4 is 5.95 Å². The number of hydrogen-bond acceptors (Lipinski definition) is 4. The number of nitrogens with zero attached hydrogens (tertiary/aromatic N) is 3. The molecule has 2 N–H and O–H groups in total. The average molecular weight is 248 g/mol. The van der Waals surface area contributed by atoms with E-state index in [-0.39, 0.29) is 11.9 Å². The molecule has 0 spiro atoms. The summed E-state index contributed by atoms with van der Waals surface area (Å²) in [6.07, 6.45) is -3.34. The van der Waals surface area contributed by atoms with E-state index >= 15 is 0 Å². The van der Waals surface area contributed by atoms with Crippen molar-refractivity contribution in [3.63, 3.8) is 0 Å². The summed E-state index contributed by atoms with van der Waals surface area (Å²) < 4.78 is 37.3. The maximum absolute atomic E-state index is 12.4. The van der Waals surface area contributed by atoms with Crippen LogP contribution in [0.15, 0.2) is 12.3 Å². The normalized spacial score (nSPS) is 13.5. The van der Waals surface area contributed by atoms with Crippen molar-refractivity contribution in [2.45, 2.75) is 13.1 Å². The van der Waals surface area contributed by atoms with Crippen molar-refractivity contribution < 1.29 is 13.2 Å². The minimum atomic E-state index is -4.45. The largest absolute Gasteiger partial charge is 0.433 e. The Morgan fingerprint density at radius 3 is 2.65 bits per heavy atom. The van der Waals surface area contributed by atoms with E-state index in [0.717, 1.165) is 12.3 Å². The molecule has 0 saturated heterocycles. The molecule has 0 saturated carbocycles. The average Bonchev–Trinajstić information content (AvgIpc) is 2.28. The van der Waals surface area contributed by atoms with Crippen LogP contribution < -0.4 is 10.6 Å². The van der Waals surface area contributed by atoms with Crippen molar-refractivity contribution in [1.82, 2.24) is 9.97 Å². The number of anilines is 1. The predicted octanol–water partition coefficient (Wildman–Crippen LogP) is 1.53. The molecule has 96 valence electrons. The maximum atomic E-state index is 12.4. The molecular formula is C10H15F3N4. The number of rotatable bonds is 4. The molecule has 0 fully saturated rings. The summed E-state index contributed by atoms with van der Waals surface area (Å²) in [7, 11) is 1.64. The van der Waals surface area contributed by atoms with Crippen LogP contribution in [0.5, 0.6) is 0 Å². The molecular weight excluding hydrogens is 233 g/mol. The summed E-state index contributed by atoms with van der Waals surface area (Å²) in [6, 6.07) is 0.851. The first kappa shape index (κ1) is 13.7. The number of alkyl halides is 3. The summed E-state index contributed by atoms with van der Waals surface area (Å²) >= 11 is 0. The van der Waals surface area contributed by atoms with E-state index in [4.69, 9.17) is 5.73 Å². The van der Waals surface area contributed by atoms with Crippen LogP contribution in [0.3, 0.4) is 0 Å². The minimum absolute atomic E-state index is 0.0557. The quantitative estimate of drug-likeness (QED) is 0.877. The zero-order chi connectivity index (χ0) is 13.1. The highest BCUT2D eigenvalue weighted by Gasteiger charge is 2.33. The molecule has 1 aromatic heterocycles. The second-order valence-corrected chi connectivity index (χ2v) is 3.96. The fourth-order valence-electron chi connectivity index (χ4n) is 1.31. The summed E-state index contributed by atoms with van der Waals surface area (Å²) in [5.74, 6) is 0.221. The monoisotopic (exact) mass is 248 g/mol. The molecule has 1 unspecified atom stereocenters. The molecule has 7 heteroatoms. The molecule has 0 aromatic carbocycles. The highest BCUT2D eigenvalue weighted by atomic mass is 19.4. The van der Waals surface area contributed by atoms with Crippen molar-refractivity contribution in [1.29, 1.82) is 0 Å². The van der Waals surface area contributed by atoms with Crippen LogP contribution in [0.25, 0.3) is 0 Å². The van der Waals surface area contributed by atoms with Crippen molar-refractivity contribution in [3.05, 3.63) is 18.0 Å². The summed E-state index contributed by atoms with van der Waals surface area (Å²) in [4.78, 5) is 8.86. The molecule has 0 bridgehead atoms. The minimum Gasteiger partial charge on any atom is -0.344 e. The number of hydrogen-bond donors (Lipinski definition) is 1. The molecule has 1 atom stereocenters. The van der Waals surface area contributed by atoms with E-state index in [1.165, 1.54) is 0 Å². The highest BCUT2D eigenvalue weighted by Crippen LogP contribution is 2.27. The molecule has 1 rings (SSSR count). The standard InChI is InChI=1S/C10H15F3N4/c1-7(5-14)6-17(2)9-15-4-3-8(16-9)10(11,12)13/h3-4,7H,5-6,14H2,1-2H3. The third kappa shape index (κ3) is 3.85. The Bertz CT molecular complexity index is 367. The third-order valence-corrected chi connectivity index (χ3v) is 2.26. The third-order valence-electron chi connectivity index (χ3n) is 2.26. The van der Waals surface area contributed by atoms with Crippen molar-refractivity contribution in [2.24, 2.45) is 11.7 Å². The Labute approximate surface area is 97.7 Å². The predicted molar refractivity (Wildman–Crippen MR) is 58.5 cm³/mol. The van der Waals surface area contributed by atoms with Crippen LogP contribution in [-0.4, -0.2) is 30.1 Å². The lowest BCUT2D eigenvalue weighted by molar-refractivity contribution is -0.141. The van der Waals surface area contributed by atoms with E-state index in [1.54, 1.807) is 11.9 Å². The van der Waals surface area contributed by atoms with Gasteiger partial charge < -0.3 is 10.6 Å². The van der Waals surface area contributed by atoms with Gasteiger partial charge in [0.1, 0.15) is 5.69 Å². The zero-order valence-corrected chi connectivity index (χ0v) is 9.70. The van der Waals surface area contributed by atoms with Gasteiger partial charge in [-0.3, -0.25) is 0 Å². The molecule has 1 aromatic rings. The van der Waals surface area contributed by atoms with Crippen LogP contribution in [-0.2, 0) is 6.18 Å². The molecule has 0 radical (unpaired) electrons. The van der Waals surface area contributed by atoms with Crippen LogP contribution in [0.1, 0.15) is 12.6 Å². The molecule has 4 nitrogen and oxygen atoms in total. The SMILES string of the molecule is CC(CN)CN(C)c1nccc(C(F)(F)F)n1. The molecule has 0 aliphatic rings. The van der Waals surface area contributed by atoms with Gasteiger partial charge in [-0.15, -0.1) is 0 Å². The second kappa shape index (κ2) is 5.31. The van der Waals surface area contributed by atoms with E-state index in [9.17, 15) is 13.2 Å². The highest BCUT2D eigenvalue weighted by molar-refractivity contribution is 5.29. The van der Waals surface area contributed by atoms with E-state index < -0.39 is 11.9 Å². The first-order chi connectivity index (χ1) is 7.84. The van der Waals surface area contributed by atoms with Crippen LogP contribution in [0.4, 0.5) is 19.1 Å². The molecule has 0 amide bonds. The molecule has 1 heterocycles. The maximum Gasteiger partial charge on any atom is 0.433 e. The van der Waals surface area contributed by atoms with Gasteiger partial charge >= 0.3 is 6.18 Å². The zero-order valence-electron chi connectivity index (χ0n) is 9.70. The lowest BCUT2D eigenvalue weighted by Gasteiger charge is -2.21. The van der Waals surface area contributed by atoms with E-state index in [0.29, 0.717) is 13.1 Å². The Kier molecular flexibility index (Phi) is 4.28. The van der Waals surface area contributed by atoms with Gasteiger partial charge in [0.15, 0.2) is 0 Å². The van der Waals surface area contributed by atoms with E-state index in [1.807, 2.05) is 6.92 Å². The lowest BCUT2D eigenvalue weighted by Crippen LogP contribution is -2.30. The van der Waals surface area contributed by atoms with Crippen LogP contribution in [0.2, 0.25) is 0 Å². The van der Waals surface area contributed by atoms with Crippen molar-refractivity contribution in [2.75, 3.05) is 25.0 Å². The van der Waals surface area contributed by atoms with E-state index in [2.05, 4.69) is 9.97 Å². The van der Waals surface area contributed by atoms with Crippen LogP contribution in [0, 0.1) is 5.92 Å². The number of halogens is 3. The smallest absolute Gasteiger partial charge is 0.344 e. The molecule has 0 aliphatic carbocycles. The Balaban J connectivity index is 2.84.